The van der Waals surface area contributed by atoms with Crippen molar-refractivity contribution in [1.29, 1.82) is 0 Å². The molecule has 2 aromatic rings. The van der Waals surface area contributed by atoms with Crippen LogP contribution in [0.25, 0.3) is 0 Å². The third-order valence-corrected chi connectivity index (χ3v) is 6.43. The zero-order valence-electron chi connectivity index (χ0n) is 19.6. The number of nitrogens with zero attached hydrogens (tertiary/aromatic N) is 3. The maximum Gasteiger partial charge on any atom is 0.268 e. The van der Waals surface area contributed by atoms with Crippen molar-refractivity contribution in [3.05, 3.63) is 47.4 Å². The van der Waals surface area contributed by atoms with E-state index in [9.17, 15) is 18.8 Å². The van der Waals surface area contributed by atoms with Crippen LogP contribution in [0.3, 0.4) is 0 Å². The molecular formula is C25H27FN4O6. The van der Waals surface area contributed by atoms with Crippen molar-refractivity contribution >= 4 is 23.4 Å². The lowest BCUT2D eigenvalue weighted by molar-refractivity contribution is -0.123. The molecule has 1 aromatic carbocycles. The number of aliphatic hydroxyl groups excluding tert-OH is 1. The summed E-state index contributed by atoms with van der Waals surface area (Å²) < 4.78 is 26.4. The third kappa shape index (κ3) is 5.11. The number of aromatic nitrogens is 1. The number of carbonyl (C=O) groups is 3. The minimum Gasteiger partial charge on any atom is -0.479 e. The quantitative estimate of drug-likeness (QED) is 0.506. The van der Waals surface area contributed by atoms with Crippen LogP contribution in [0.1, 0.15) is 35.2 Å². The third-order valence-electron chi connectivity index (χ3n) is 6.43. The fourth-order valence-corrected chi connectivity index (χ4v) is 4.31. The number of nitrogens with one attached hydrogen (secondary N) is 1. The molecule has 0 spiro atoms. The van der Waals surface area contributed by atoms with Crippen molar-refractivity contribution in [3.8, 4) is 11.6 Å². The van der Waals surface area contributed by atoms with E-state index in [1.54, 1.807) is 12.1 Å². The van der Waals surface area contributed by atoms with Gasteiger partial charge in [0.25, 0.3) is 11.8 Å². The summed E-state index contributed by atoms with van der Waals surface area (Å²) in [5.74, 6) is -0.335. The Kier molecular flexibility index (Phi) is 6.73. The Morgan fingerprint density at radius 1 is 1.22 bits per heavy atom. The van der Waals surface area contributed by atoms with E-state index in [-0.39, 0.29) is 49.0 Å². The smallest absolute Gasteiger partial charge is 0.268 e. The number of benzene rings is 1. The molecule has 1 saturated heterocycles. The Morgan fingerprint density at radius 3 is 2.78 bits per heavy atom. The minimum absolute atomic E-state index is 0.0418. The number of aliphatic hydroxyl groups is 1. The molecule has 10 nitrogen and oxygen atoms in total. The molecule has 0 radical (unpaired) electrons. The maximum atomic E-state index is 14.9. The molecule has 1 atom stereocenters. The van der Waals surface area contributed by atoms with Gasteiger partial charge in [-0.2, -0.15) is 0 Å². The summed E-state index contributed by atoms with van der Waals surface area (Å²) in [5, 5.41) is 11.3. The predicted molar refractivity (Wildman–Crippen MR) is 125 cm³/mol. The van der Waals surface area contributed by atoms with Crippen molar-refractivity contribution in [3.63, 3.8) is 0 Å². The van der Waals surface area contributed by atoms with Crippen LogP contribution in [-0.4, -0.2) is 71.7 Å². The molecular weight excluding hydrogens is 471 g/mol. The van der Waals surface area contributed by atoms with Gasteiger partial charge in [-0.1, -0.05) is 0 Å². The van der Waals surface area contributed by atoms with Crippen molar-refractivity contribution in [1.82, 2.24) is 15.2 Å². The summed E-state index contributed by atoms with van der Waals surface area (Å²) in [6.45, 7) is 0.514. The first-order valence-electron chi connectivity index (χ1n) is 12.0. The van der Waals surface area contributed by atoms with Crippen LogP contribution in [0.2, 0.25) is 0 Å². The van der Waals surface area contributed by atoms with Crippen molar-refractivity contribution in [2.75, 3.05) is 37.7 Å². The van der Waals surface area contributed by atoms with Crippen molar-refractivity contribution < 1.29 is 33.4 Å². The Balaban J connectivity index is 1.22. The molecule has 2 N–H and O–H groups in total. The van der Waals surface area contributed by atoms with E-state index in [0.717, 1.165) is 0 Å². The van der Waals surface area contributed by atoms with Crippen molar-refractivity contribution in [2.45, 2.75) is 31.9 Å². The molecule has 2 fully saturated rings. The number of amides is 3. The van der Waals surface area contributed by atoms with Gasteiger partial charge in [-0.3, -0.25) is 14.4 Å². The number of ether oxygens (including phenoxy) is 2. The number of carbonyl (C=O) groups excluding carboxylic acids is 3. The SMILES string of the molecule is O=C(CN1Cc2c(F)cc(N3CC[C@@H](Oc4ccc(OCC5CC5)nc4)C3=O)cc2C1=O)NCCO. The lowest BCUT2D eigenvalue weighted by Crippen LogP contribution is -2.38. The fourth-order valence-electron chi connectivity index (χ4n) is 4.31. The standard InChI is InChI=1S/C25H27FN4O6/c26-20-10-16(9-18-19(20)12-29(24(18)33)13-22(32)27-6-8-31)30-7-5-21(25(30)34)36-17-3-4-23(28-11-17)35-14-15-1-2-15/h3-4,9-11,15,21,31H,1-2,5-8,12-14H2,(H,27,32)/t21-/m1/s1. The van der Waals surface area contributed by atoms with Gasteiger partial charge in [0, 0.05) is 42.4 Å². The van der Waals surface area contributed by atoms with Crippen LogP contribution in [0.4, 0.5) is 10.1 Å². The summed E-state index contributed by atoms with van der Waals surface area (Å²) in [7, 11) is 0. The molecule has 3 aliphatic rings. The van der Waals surface area contributed by atoms with E-state index in [1.165, 1.54) is 41.0 Å². The molecule has 3 amide bonds. The summed E-state index contributed by atoms with van der Waals surface area (Å²) in [6, 6.07) is 6.12. The highest BCUT2D eigenvalue weighted by Crippen LogP contribution is 2.33. The first-order chi connectivity index (χ1) is 17.4. The van der Waals surface area contributed by atoms with Crippen molar-refractivity contribution in [2.24, 2.45) is 5.92 Å². The van der Waals surface area contributed by atoms with Crippen LogP contribution in [0, 0.1) is 11.7 Å². The van der Waals surface area contributed by atoms with Gasteiger partial charge in [-0.05, 0) is 37.0 Å². The van der Waals surface area contributed by atoms with E-state index in [2.05, 4.69) is 10.3 Å². The topological polar surface area (TPSA) is 121 Å². The Hall–Kier alpha value is -3.73. The average Bonchev–Trinajstić information content (AvgIpc) is 3.57. The highest BCUT2D eigenvalue weighted by Gasteiger charge is 2.37. The van der Waals surface area contributed by atoms with E-state index >= 15 is 0 Å². The zero-order valence-corrected chi connectivity index (χ0v) is 19.6. The second-order valence-electron chi connectivity index (χ2n) is 9.16. The molecule has 0 unspecified atom stereocenters. The van der Waals surface area contributed by atoms with Crippen LogP contribution >= 0.6 is 0 Å². The number of hydrogen-bond acceptors (Lipinski definition) is 7. The lowest BCUT2D eigenvalue weighted by Gasteiger charge is -2.18. The summed E-state index contributed by atoms with van der Waals surface area (Å²) in [5.41, 5.74) is 0.584. The first-order valence-corrected chi connectivity index (χ1v) is 12.0. The normalized spacial score (nSPS) is 19.0. The van der Waals surface area contributed by atoms with Gasteiger partial charge >= 0.3 is 0 Å². The number of hydrogen-bond donors (Lipinski definition) is 2. The number of rotatable bonds is 10. The molecule has 1 aliphatic carbocycles. The van der Waals surface area contributed by atoms with Crippen LogP contribution in [-0.2, 0) is 16.1 Å². The Labute approximate surface area is 207 Å². The van der Waals surface area contributed by atoms with Gasteiger partial charge in [0.05, 0.1) is 26.0 Å². The van der Waals surface area contributed by atoms with E-state index in [1.807, 2.05) is 0 Å². The van der Waals surface area contributed by atoms with E-state index < -0.39 is 23.7 Å². The second-order valence-corrected chi connectivity index (χ2v) is 9.16. The van der Waals surface area contributed by atoms with Gasteiger partial charge < -0.3 is 29.7 Å². The highest BCUT2D eigenvalue weighted by atomic mass is 19.1. The summed E-state index contributed by atoms with van der Waals surface area (Å²) >= 11 is 0. The molecule has 5 rings (SSSR count). The van der Waals surface area contributed by atoms with Gasteiger partial charge in [-0.15, -0.1) is 0 Å². The summed E-state index contributed by atoms with van der Waals surface area (Å²) in [6.07, 6.45) is 3.51. The van der Waals surface area contributed by atoms with Gasteiger partial charge in [0.1, 0.15) is 18.1 Å². The highest BCUT2D eigenvalue weighted by molar-refractivity contribution is 6.04. The second kappa shape index (κ2) is 10.1. The van der Waals surface area contributed by atoms with E-state index in [4.69, 9.17) is 14.6 Å². The number of fused-ring (bicyclic) bond motifs is 1. The summed E-state index contributed by atoms with van der Waals surface area (Å²) in [4.78, 5) is 44.6. The molecule has 1 saturated carbocycles. The van der Waals surface area contributed by atoms with Crippen LogP contribution in [0.5, 0.6) is 11.6 Å². The number of pyridine rings is 1. The molecule has 36 heavy (non-hydrogen) atoms. The van der Waals surface area contributed by atoms with Gasteiger partial charge in [0.15, 0.2) is 6.10 Å². The van der Waals surface area contributed by atoms with Gasteiger partial charge in [0.2, 0.25) is 11.8 Å². The van der Waals surface area contributed by atoms with Crippen LogP contribution in [0.15, 0.2) is 30.5 Å². The predicted octanol–water partition coefficient (Wildman–Crippen LogP) is 1.26. The number of anilines is 1. The molecule has 11 heteroatoms. The van der Waals surface area contributed by atoms with Crippen LogP contribution < -0.4 is 19.7 Å². The molecule has 3 heterocycles. The molecule has 190 valence electrons. The maximum absolute atomic E-state index is 14.9. The van der Waals surface area contributed by atoms with Gasteiger partial charge in [-0.25, -0.2) is 9.37 Å². The number of halogens is 1. The minimum atomic E-state index is -0.760. The average molecular weight is 499 g/mol. The fraction of sp³-hybridized carbons (Fsp3) is 0.440. The molecule has 1 aromatic heterocycles. The van der Waals surface area contributed by atoms with E-state index in [0.29, 0.717) is 37.1 Å². The Bertz CT molecular complexity index is 1170. The monoisotopic (exact) mass is 498 g/mol. The molecule has 0 bridgehead atoms. The molecule has 2 aliphatic heterocycles. The zero-order chi connectivity index (χ0) is 25.2. The first kappa shape index (κ1) is 24.0. The largest absolute Gasteiger partial charge is 0.479 e. The Morgan fingerprint density at radius 2 is 2.06 bits per heavy atom. The lowest BCUT2D eigenvalue weighted by atomic mass is 10.1.